The molecular formula is C33H34FN7O2S. The first-order valence-electron chi connectivity index (χ1n) is 15.0. The molecular weight excluding hydrogens is 577 g/mol. The summed E-state index contributed by atoms with van der Waals surface area (Å²) in [6.45, 7) is 9.14. The van der Waals surface area contributed by atoms with Crippen LogP contribution >= 0.6 is 11.3 Å². The van der Waals surface area contributed by atoms with E-state index in [4.69, 9.17) is 4.74 Å². The highest BCUT2D eigenvalue weighted by atomic mass is 32.1. The maximum absolute atomic E-state index is 13.5. The third-order valence-corrected chi connectivity index (χ3v) is 9.74. The number of anilines is 2. The highest BCUT2D eigenvalue weighted by Crippen LogP contribution is 2.45. The molecule has 11 heteroatoms. The number of fused-ring (bicyclic) bond motifs is 5. The molecule has 0 unspecified atom stereocenters. The molecule has 1 aliphatic carbocycles. The molecule has 0 bridgehead atoms. The SMILES string of the molecule is CCN1CCN(C(=O)Cn2ncc3c2CCc2c-3sc3ncnc(Nc4ccc(OCc5cccc(F)c5)c(C)c4)c23)CC1. The van der Waals surface area contributed by atoms with Gasteiger partial charge in [-0.2, -0.15) is 5.10 Å². The van der Waals surface area contributed by atoms with Crippen molar-refractivity contribution in [3.63, 3.8) is 0 Å². The van der Waals surface area contributed by atoms with E-state index >= 15 is 0 Å². The molecule has 7 rings (SSSR count). The lowest BCUT2D eigenvalue weighted by atomic mass is 9.95. The number of carbonyl (C=O) groups is 1. The monoisotopic (exact) mass is 611 g/mol. The molecule has 1 saturated heterocycles. The van der Waals surface area contributed by atoms with Gasteiger partial charge in [-0.25, -0.2) is 14.4 Å². The van der Waals surface area contributed by atoms with Crippen molar-refractivity contribution >= 4 is 39.0 Å². The van der Waals surface area contributed by atoms with Crippen molar-refractivity contribution < 1.29 is 13.9 Å². The number of aromatic nitrogens is 4. The Labute approximate surface area is 259 Å². The molecule has 1 amide bonds. The van der Waals surface area contributed by atoms with Gasteiger partial charge in [-0.15, -0.1) is 11.3 Å². The van der Waals surface area contributed by atoms with Crippen molar-refractivity contribution in [2.24, 2.45) is 0 Å². The van der Waals surface area contributed by atoms with Crippen LogP contribution in [0.2, 0.25) is 0 Å². The predicted molar refractivity (Wildman–Crippen MR) is 170 cm³/mol. The Kier molecular flexibility index (Phi) is 7.73. The summed E-state index contributed by atoms with van der Waals surface area (Å²) in [5.41, 5.74) is 6.04. The molecule has 2 aromatic carbocycles. The summed E-state index contributed by atoms with van der Waals surface area (Å²) < 4.78 is 21.4. The summed E-state index contributed by atoms with van der Waals surface area (Å²) in [4.78, 5) is 28.8. The molecule has 9 nitrogen and oxygen atoms in total. The summed E-state index contributed by atoms with van der Waals surface area (Å²) in [6.07, 6.45) is 5.12. The number of nitrogens with zero attached hydrogens (tertiary/aromatic N) is 6. The molecule has 3 aromatic heterocycles. The quantitative estimate of drug-likeness (QED) is 0.245. The van der Waals surface area contributed by atoms with Crippen molar-refractivity contribution in [1.82, 2.24) is 29.5 Å². The van der Waals surface area contributed by atoms with E-state index in [2.05, 4.69) is 32.2 Å². The maximum Gasteiger partial charge on any atom is 0.244 e. The van der Waals surface area contributed by atoms with Crippen LogP contribution in [0, 0.1) is 12.7 Å². The fourth-order valence-corrected chi connectivity index (χ4v) is 7.36. The van der Waals surface area contributed by atoms with E-state index in [1.165, 1.54) is 17.7 Å². The number of nitrogens with one attached hydrogen (secondary N) is 1. The number of carbonyl (C=O) groups excluding carboxylic acids is 1. The van der Waals surface area contributed by atoms with Gasteiger partial charge in [0.15, 0.2) is 0 Å². The van der Waals surface area contributed by atoms with Crippen LogP contribution in [0.4, 0.5) is 15.9 Å². The van der Waals surface area contributed by atoms with Crippen molar-refractivity contribution in [2.75, 3.05) is 38.0 Å². The van der Waals surface area contributed by atoms with Gasteiger partial charge in [0.1, 0.15) is 41.7 Å². The average Bonchev–Trinajstić information content (AvgIpc) is 3.62. The lowest BCUT2D eigenvalue weighted by Crippen LogP contribution is -2.49. The van der Waals surface area contributed by atoms with E-state index in [0.717, 1.165) is 100 Å². The van der Waals surface area contributed by atoms with Crippen molar-refractivity contribution in [3.05, 3.63) is 83.2 Å². The van der Waals surface area contributed by atoms with Gasteiger partial charge in [0.05, 0.1) is 11.6 Å². The Morgan fingerprint density at radius 3 is 2.75 bits per heavy atom. The van der Waals surface area contributed by atoms with Gasteiger partial charge in [-0.3, -0.25) is 9.48 Å². The summed E-state index contributed by atoms with van der Waals surface area (Å²) in [7, 11) is 0. The minimum absolute atomic E-state index is 0.131. The lowest BCUT2D eigenvalue weighted by Gasteiger charge is -2.34. The second-order valence-electron chi connectivity index (χ2n) is 11.3. The lowest BCUT2D eigenvalue weighted by molar-refractivity contribution is -0.133. The van der Waals surface area contributed by atoms with Crippen LogP contribution in [0.3, 0.4) is 0 Å². The molecule has 0 atom stereocenters. The number of piperazine rings is 1. The number of ether oxygens (including phenoxy) is 1. The van der Waals surface area contributed by atoms with Gasteiger partial charge in [0.2, 0.25) is 5.91 Å². The molecule has 2 aliphatic rings. The molecule has 0 spiro atoms. The maximum atomic E-state index is 13.5. The first-order valence-corrected chi connectivity index (χ1v) is 15.8. The molecule has 0 radical (unpaired) electrons. The molecule has 1 fully saturated rings. The first kappa shape index (κ1) is 28.4. The van der Waals surface area contributed by atoms with Gasteiger partial charge < -0.3 is 19.9 Å². The van der Waals surface area contributed by atoms with Crippen LogP contribution in [0.5, 0.6) is 5.75 Å². The minimum Gasteiger partial charge on any atom is -0.489 e. The zero-order chi connectivity index (χ0) is 30.2. The van der Waals surface area contributed by atoms with Gasteiger partial charge >= 0.3 is 0 Å². The van der Waals surface area contributed by atoms with Crippen molar-refractivity contribution in [3.8, 4) is 16.2 Å². The molecule has 1 aliphatic heterocycles. The smallest absolute Gasteiger partial charge is 0.244 e. The highest BCUT2D eigenvalue weighted by molar-refractivity contribution is 7.22. The summed E-state index contributed by atoms with van der Waals surface area (Å²) in [5.74, 6) is 1.36. The number of amides is 1. The van der Waals surface area contributed by atoms with Crippen molar-refractivity contribution in [1.29, 1.82) is 0 Å². The molecule has 226 valence electrons. The molecule has 0 saturated carbocycles. The Balaban J connectivity index is 1.09. The number of benzene rings is 2. The van der Waals surface area contributed by atoms with E-state index in [-0.39, 0.29) is 18.3 Å². The van der Waals surface area contributed by atoms with Crippen LogP contribution in [-0.2, 0) is 30.8 Å². The Morgan fingerprint density at radius 1 is 1.09 bits per heavy atom. The predicted octanol–water partition coefficient (Wildman–Crippen LogP) is 5.59. The minimum atomic E-state index is -0.272. The third kappa shape index (κ3) is 5.53. The normalized spacial score (nSPS) is 14.8. The summed E-state index contributed by atoms with van der Waals surface area (Å²) in [5, 5.41) is 9.20. The van der Waals surface area contributed by atoms with Crippen LogP contribution in [0.15, 0.2) is 55.0 Å². The summed E-state index contributed by atoms with van der Waals surface area (Å²) >= 11 is 1.65. The van der Waals surface area contributed by atoms with Gasteiger partial charge in [0, 0.05) is 48.0 Å². The Hall–Kier alpha value is -4.35. The van der Waals surface area contributed by atoms with E-state index in [9.17, 15) is 9.18 Å². The number of likely N-dealkylation sites (N-methyl/N-ethyl adjacent to an activating group) is 1. The third-order valence-electron chi connectivity index (χ3n) is 8.57. The van der Waals surface area contributed by atoms with Gasteiger partial charge in [-0.05, 0) is 73.3 Å². The van der Waals surface area contributed by atoms with Crippen molar-refractivity contribution in [2.45, 2.75) is 39.8 Å². The Bertz CT molecular complexity index is 1840. The summed E-state index contributed by atoms with van der Waals surface area (Å²) in [6, 6.07) is 12.3. The van der Waals surface area contributed by atoms with Gasteiger partial charge in [0.25, 0.3) is 0 Å². The number of hydrogen-bond acceptors (Lipinski definition) is 8. The number of hydrogen-bond donors (Lipinski definition) is 1. The number of halogens is 1. The topological polar surface area (TPSA) is 88.4 Å². The second kappa shape index (κ2) is 12.0. The Morgan fingerprint density at radius 2 is 1.95 bits per heavy atom. The fourth-order valence-electron chi connectivity index (χ4n) is 6.14. The fraction of sp³-hybridized carbons (Fsp3) is 0.333. The highest BCUT2D eigenvalue weighted by Gasteiger charge is 2.28. The largest absolute Gasteiger partial charge is 0.489 e. The number of thiophene rings is 1. The average molecular weight is 612 g/mol. The van der Waals surface area contributed by atoms with Crippen LogP contribution in [0.1, 0.15) is 29.3 Å². The van der Waals surface area contributed by atoms with Crippen LogP contribution in [0.25, 0.3) is 20.7 Å². The van der Waals surface area contributed by atoms with E-state index in [0.29, 0.717) is 6.61 Å². The standard InChI is InChI=1S/C33H34FN7O2S/c1-3-39-11-13-40(14-12-39)29(42)18-41-27-9-8-25-30-32(35-20-36-33(30)44-31(25)26(27)17-37-41)38-24-7-10-28(21(2)15-24)43-19-22-5-4-6-23(34)16-22/h4-7,10,15-17,20H,3,8-9,11-14,18-19H2,1-2H3,(H,35,36,38). The van der Waals surface area contributed by atoms with Gasteiger partial charge in [-0.1, -0.05) is 19.1 Å². The molecule has 5 aromatic rings. The van der Waals surface area contributed by atoms with Crippen LogP contribution < -0.4 is 10.1 Å². The van der Waals surface area contributed by atoms with E-state index in [1.807, 2.05) is 47.0 Å². The number of aryl methyl sites for hydroxylation is 2. The molecule has 44 heavy (non-hydrogen) atoms. The first-order chi connectivity index (χ1) is 21.5. The molecule has 4 heterocycles. The van der Waals surface area contributed by atoms with E-state index < -0.39 is 0 Å². The zero-order valence-corrected chi connectivity index (χ0v) is 25.7. The zero-order valence-electron chi connectivity index (χ0n) is 24.8. The molecule has 1 N–H and O–H groups in total. The second-order valence-corrected chi connectivity index (χ2v) is 12.3. The van der Waals surface area contributed by atoms with Crippen LogP contribution in [-0.4, -0.2) is 68.2 Å². The van der Waals surface area contributed by atoms with E-state index in [1.54, 1.807) is 23.7 Å². The number of rotatable bonds is 8.